The summed E-state index contributed by atoms with van der Waals surface area (Å²) in [6, 6.07) is 7.57. The van der Waals surface area contributed by atoms with Crippen LogP contribution in [0.25, 0.3) is 0 Å². The van der Waals surface area contributed by atoms with E-state index >= 15 is 0 Å². The predicted molar refractivity (Wildman–Crippen MR) is 73.5 cm³/mol. The van der Waals surface area contributed by atoms with Crippen molar-refractivity contribution >= 4 is 17.5 Å². The number of benzene rings is 1. The van der Waals surface area contributed by atoms with Gasteiger partial charge in [-0.3, -0.25) is 9.59 Å². The van der Waals surface area contributed by atoms with Crippen LogP contribution in [-0.4, -0.2) is 24.4 Å². The SMILES string of the molecule is CC(C)(CNC(=O)C1Cc2ccccc2N1)C(N)=O. The van der Waals surface area contributed by atoms with Crippen molar-refractivity contribution in [3.05, 3.63) is 29.8 Å². The summed E-state index contributed by atoms with van der Waals surface area (Å²) in [5, 5.41) is 5.95. The van der Waals surface area contributed by atoms with Crippen LogP contribution in [0.3, 0.4) is 0 Å². The van der Waals surface area contributed by atoms with Crippen molar-refractivity contribution in [3.63, 3.8) is 0 Å². The first-order chi connectivity index (χ1) is 8.90. The third kappa shape index (κ3) is 2.86. The Kier molecular flexibility index (Phi) is 3.46. The summed E-state index contributed by atoms with van der Waals surface area (Å²) in [4.78, 5) is 23.2. The second kappa shape index (κ2) is 4.91. The van der Waals surface area contributed by atoms with Crippen LogP contribution in [0.2, 0.25) is 0 Å². The molecule has 0 radical (unpaired) electrons. The van der Waals surface area contributed by atoms with Gasteiger partial charge < -0.3 is 16.4 Å². The van der Waals surface area contributed by atoms with Crippen LogP contribution >= 0.6 is 0 Å². The molecule has 1 aliphatic rings. The van der Waals surface area contributed by atoms with Gasteiger partial charge >= 0.3 is 0 Å². The minimum Gasteiger partial charge on any atom is -0.373 e. The maximum absolute atomic E-state index is 12.1. The van der Waals surface area contributed by atoms with Crippen molar-refractivity contribution in [1.29, 1.82) is 0 Å². The average Bonchev–Trinajstić information content (AvgIpc) is 2.79. The van der Waals surface area contributed by atoms with Gasteiger partial charge in [-0.05, 0) is 25.5 Å². The van der Waals surface area contributed by atoms with Crippen molar-refractivity contribution in [2.75, 3.05) is 11.9 Å². The molecule has 102 valence electrons. The topological polar surface area (TPSA) is 84.2 Å². The molecule has 2 amide bonds. The summed E-state index contributed by atoms with van der Waals surface area (Å²) >= 11 is 0. The van der Waals surface area contributed by atoms with Crippen molar-refractivity contribution in [2.45, 2.75) is 26.3 Å². The molecular formula is C14H19N3O2. The molecule has 1 aromatic rings. The fraction of sp³-hybridized carbons (Fsp3) is 0.429. The van der Waals surface area contributed by atoms with Gasteiger partial charge in [0.15, 0.2) is 0 Å². The number of rotatable bonds is 4. The van der Waals surface area contributed by atoms with Gasteiger partial charge in [0.05, 0.1) is 5.41 Å². The lowest BCUT2D eigenvalue weighted by atomic mass is 9.92. The van der Waals surface area contributed by atoms with Gasteiger partial charge in [0.25, 0.3) is 0 Å². The van der Waals surface area contributed by atoms with E-state index in [0.717, 1.165) is 11.3 Å². The summed E-state index contributed by atoms with van der Waals surface area (Å²) in [7, 11) is 0. The van der Waals surface area contributed by atoms with Crippen molar-refractivity contribution in [2.24, 2.45) is 11.1 Å². The monoisotopic (exact) mass is 261 g/mol. The Bertz CT molecular complexity index is 486. The lowest BCUT2D eigenvalue weighted by molar-refractivity contribution is -0.127. The fourth-order valence-electron chi connectivity index (χ4n) is 1.97. The van der Waals surface area contributed by atoms with E-state index in [0.29, 0.717) is 6.42 Å². The molecule has 0 aromatic heterocycles. The number of amides is 2. The molecule has 2 rings (SSSR count). The smallest absolute Gasteiger partial charge is 0.242 e. The van der Waals surface area contributed by atoms with Crippen LogP contribution in [0.15, 0.2) is 24.3 Å². The Morgan fingerprint density at radius 3 is 2.74 bits per heavy atom. The largest absolute Gasteiger partial charge is 0.373 e. The highest BCUT2D eigenvalue weighted by Gasteiger charge is 2.29. The quantitative estimate of drug-likeness (QED) is 0.744. The number of hydrogen-bond acceptors (Lipinski definition) is 3. The molecule has 1 atom stereocenters. The van der Waals surface area contributed by atoms with E-state index in [2.05, 4.69) is 10.6 Å². The summed E-state index contributed by atoms with van der Waals surface area (Å²) in [5.74, 6) is -0.527. The molecule has 0 spiro atoms. The van der Waals surface area contributed by atoms with Crippen LogP contribution in [0.4, 0.5) is 5.69 Å². The van der Waals surface area contributed by atoms with Gasteiger partial charge in [0, 0.05) is 18.7 Å². The van der Waals surface area contributed by atoms with E-state index in [9.17, 15) is 9.59 Å². The van der Waals surface area contributed by atoms with Crippen LogP contribution in [0.1, 0.15) is 19.4 Å². The number of carbonyl (C=O) groups is 2. The van der Waals surface area contributed by atoms with Crippen molar-refractivity contribution < 1.29 is 9.59 Å². The first-order valence-electron chi connectivity index (χ1n) is 6.32. The second-order valence-corrected chi connectivity index (χ2v) is 5.52. The van der Waals surface area contributed by atoms with Crippen molar-refractivity contribution in [3.8, 4) is 0 Å². The van der Waals surface area contributed by atoms with E-state index < -0.39 is 11.3 Å². The first kappa shape index (κ1) is 13.4. The Morgan fingerprint density at radius 1 is 1.42 bits per heavy atom. The van der Waals surface area contributed by atoms with Gasteiger partial charge in [-0.25, -0.2) is 0 Å². The van der Waals surface area contributed by atoms with Gasteiger partial charge in [0.1, 0.15) is 6.04 Å². The molecule has 1 aliphatic heterocycles. The third-order valence-corrected chi connectivity index (χ3v) is 3.46. The summed E-state index contributed by atoms with van der Waals surface area (Å²) in [6.45, 7) is 3.68. The average molecular weight is 261 g/mol. The molecule has 5 heteroatoms. The molecule has 0 fully saturated rings. The maximum atomic E-state index is 12.1. The van der Waals surface area contributed by atoms with Crippen LogP contribution in [0.5, 0.6) is 0 Å². The number of nitrogens with two attached hydrogens (primary N) is 1. The molecule has 1 heterocycles. The number of carbonyl (C=O) groups excluding carboxylic acids is 2. The maximum Gasteiger partial charge on any atom is 0.242 e. The first-order valence-corrected chi connectivity index (χ1v) is 6.32. The molecule has 0 aliphatic carbocycles. The molecule has 0 saturated carbocycles. The standard InChI is InChI=1S/C14H19N3O2/c1-14(2,13(15)19)8-16-12(18)11-7-9-5-3-4-6-10(9)17-11/h3-6,11,17H,7-8H2,1-2H3,(H2,15,19)(H,16,18). The summed E-state index contributed by atoms with van der Waals surface area (Å²) in [6.07, 6.45) is 0.666. The van der Waals surface area contributed by atoms with E-state index in [4.69, 9.17) is 5.73 Å². The molecule has 1 unspecified atom stereocenters. The lowest BCUT2D eigenvalue weighted by Crippen LogP contribution is -2.46. The zero-order chi connectivity index (χ0) is 14.0. The molecule has 0 saturated heterocycles. The minimum atomic E-state index is -0.735. The number of nitrogens with one attached hydrogen (secondary N) is 2. The summed E-state index contributed by atoms with van der Waals surface area (Å²) < 4.78 is 0. The van der Waals surface area contributed by atoms with E-state index in [-0.39, 0.29) is 18.5 Å². The molecule has 19 heavy (non-hydrogen) atoms. The minimum absolute atomic E-state index is 0.106. The van der Waals surface area contributed by atoms with Gasteiger partial charge in [-0.15, -0.1) is 0 Å². The lowest BCUT2D eigenvalue weighted by Gasteiger charge is -2.22. The van der Waals surface area contributed by atoms with Crippen LogP contribution < -0.4 is 16.4 Å². The zero-order valence-corrected chi connectivity index (χ0v) is 11.2. The Balaban J connectivity index is 1.92. The van der Waals surface area contributed by atoms with E-state index in [1.54, 1.807) is 13.8 Å². The Labute approximate surface area is 112 Å². The molecule has 4 N–H and O–H groups in total. The highest BCUT2D eigenvalue weighted by molar-refractivity contribution is 5.88. The third-order valence-electron chi connectivity index (χ3n) is 3.46. The Hall–Kier alpha value is -2.04. The molecule has 1 aromatic carbocycles. The number of para-hydroxylation sites is 1. The predicted octanol–water partition coefficient (Wildman–Crippen LogP) is 0.651. The number of primary amides is 1. The van der Waals surface area contributed by atoms with Crippen molar-refractivity contribution in [1.82, 2.24) is 5.32 Å². The zero-order valence-electron chi connectivity index (χ0n) is 11.2. The van der Waals surface area contributed by atoms with Crippen LogP contribution in [-0.2, 0) is 16.0 Å². The van der Waals surface area contributed by atoms with E-state index in [1.165, 1.54) is 0 Å². The number of anilines is 1. The highest BCUT2D eigenvalue weighted by atomic mass is 16.2. The molecule has 0 bridgehead atoms. The second-order valence-electron chi connectivity index (χ2n) is 5.52. The number of hydrogen-bond donors (Lipinski definition) is 3. The van der Waals surface area contributed by atoms with Crippen LogP contribution in [0, 0.1) is 5.41 Å². The normalized spacial score (nSPS) is 17.5. The number of fused-ring (bicyclic) bond motifs is 1. The Morgan fingerprint density at radius 2 is 2.11 bits per heavy atom. The van der Waals surface area contributed by atoms with Gasteiger partial charge in [-0.2, -0.15) is 0 Å². The molecule has 5 nitrogen and oxygen atoms in total. The molecular weight excluding hydrogens is 242 g/mol. The fourth-order valence-corrected chi connectivity index (χ4v) is 1.97. The van der Waals surface area contributed by atoms with Gasteiger partial charge in [-0.1, -0.05) is 18.2 Å². The van der Waals surface area contributed by atoms with Gasteiger partial charge in [0.2, 0.25) is 11.8 Å². The van der Waals surface area contributed by atoms with E-state index in [1.807, 2.05) is 24.3 Å². The highest BCUT2D eigenvalue weighted by Crippen LogP contribution is 2.25. The summed E-state index contributed by atoms with van der Waals surface area (Å²) in [5.41, 5.74) is 6.67.